The van der Waals surface area contributed by atoms with Crippen LogP contribution in [0.5, 0.6) is 5.75 Å². The number of hydrogen-bond acceptors (Lipinski definition) is 3. The summed E-state index contributed by atoms with van der Waals surface area (Å²) >= 11 is 3.50. The van der Waals surface area contributed by atoms with Crippen molar-refractivity contribution in [1.82, 2.24) is 0 Å². The van der Waals surface area contributed by atoms with E-state index in [1.807, 2.05) is 0 Å². The second-order valence-corrected chi connectivity index (χ2v) is 7.83. The summed E-state index contributed by atoms with van der Waals surface area (Å²) in [6, 6.07) is 6.73. The Bertz CT molecular complexity index is 533. The monoisotopic (exact) mass is 346 g/mol. The van der Waals surface area contributed by atoms with E-state index in [0.29, 0.717) is 10.6 Å². The summed E-state index contributed by atoms with van der Waals surface area (Å²) in [5.74, 6) is 0.804. The van der Waals surface area contributed by atoms with Gasteiger partial charge in [-0.25, -0.2) is 8.42 Å². The van der Waals surface area contributed by atoms with Gasteiger partial charge in [0.25, 0.3) is 0 Å². The van der Waals surface area contributed by atoms with E-state index in [2.05, 4.69) is 15.9 Å². The van der Waals surface area contributed by atoms with E-state index in [4.69, 9.17) is 4.74 Å². The topological polar surface area (TPSA) is 43.4 Å². The molecule has 0 saturated heterocycles. The Balaban J connectivity index is 2.26. The van der Waals surface area contributed by atoms with Gasteiger partial charge >= 0.3 is 0 Å². The fraction of sp³-hybridized carbons (Fsp3) is 0.571. The molecular weight excluding hydrogens is 328 g/mol. The lowest BCUT2D eigenvalue weighted by atomic mass is 9.92. The summed E-state index contributed by atoms with van der Waals surface area (Å²) in [5, 5.41) is 0.753. The van der Waals surface area contributed by atoms with Crippen LogP contribution in [0.4, 0.5) is 0 Å². The van der Waals surface area contributed by atoms with Crippen molar-refractivity contribution in [3.05, 3.63) is 24.3 Å². The van der Waals surface area contributed by atoms with Crippen molar-refractivity contribution in [2.75, 3.05) is 18.2 Å². The van der Waals surface area contributed by atoms with E-state index in [1.54, 1.807) is 31.4 Å². The van der Waals surface area contributed by atoms with Crippen LogP contribution in [-0.4, -0.2) is 26.6 Å². The van der Waals surface area contributed by atoms with Gasteiger partial charge in [-0.1, -0.05) is 34.8 Å². The molecule has 1 aliphatic rings. The van der Waals surface area contributed by atoms with Crippen LogP contribution in [0.1, 0.15) is 25.7 Å². The van der Waals surface area contributed by atoms with Crippen LogP contribution in [0.2, 0.25) is 0 Å². The summed E-state index contributed by atoms with van der Waals surface area (Å²) in [6.07, 6.45) is 4.22. The maximum Gasteiger partial charge on any atom is 0.179 e. The van der Waals surface area contributed by atoms with Crippen molar-refractivity contribution in [2.45, 2.75) is 30.6 Å². The lowest BCUT2D eigenvalue weighted by Gasteiger charge is -2.26. The number of benzene rings is 1. The highest BCUT2D eigenvalue weighted by Crippen LogP contribution is 2.41. The fourth-order valence-electron chi connectivity index (χ4n) is 2.72. The van der Waals surface area contributed by atoms with Crippen LogP contribution in [-0.2, 0) is 9.84 Å². The van der Waals surface area contributed by atoms with Gasteiger partial charge in [-0.05, 0) is 36.5 Å². The molecule has 0 aliphatic heterocycles. The average molecular weight is 347 g/mol. The van der Waals surface area contributed by atoms with Crippen LogP contribution in [0.3, 0.4) is 0 Å². The highest BCUT2D eigenvalue weighted by Gasteiger charge is 2.37. The number of rotatable bonds is 5. The normalized spacial score (nSPS) is 18.4. The minimum absolute atomic E-state index is 0.0953. The highest BCUT2D eigenvalue weighted by atomic mass is 79.9. The van der Waals surface area contributed by atoms with Gasteiger partial charge in [-0.2, -0.15) is 0 Å². The first-order valence-corrected chi connectivity index (χ1v) is 9.22. The first-order valence-electron chi connectivity index (χ1n) is 6.44. The molecule has 0 atom stereocenters. The third kappa shape index (κ3) is 3.31. The first-order chi connectivity index (χ1) is 9.01. The van der Waals surface area contributed by atoms with Crippen LogP contribution in [0.15, 0.2) is 29.2 Å². The third-order valence-electron chi connectivity index (χ3n) is 3.84. The standard InChI is InChI=1S/C14H19BrO3S/c1-18-12-5-4-6-13(9-12)19(16,17)11-14(10-15)7-2-3-8-14/h4-6,9H,2-3,7-8,10-11H2,1H3. The molecule has 106 valence electrons. The minimum atomic E-state index is -3.26. The zero-order valence-corrected chi connectivity index (χ0v) is 13.5. The molecule has 1 saturated carbocycles. The molecule has 0 bridgehead atoms. The Labute approximate surface area is 123 Å². The van der Waals surface area contributed by atoms with Gasteiger partial charge in [-0.3, -0.25) is 0 Å². The minimum Gasteiger partial charge on any atom is -0.497 e. The summed E-state index contributed by atoms with van der Waals surface area (Å²) in [4.78, 5) is 0.360. The number of ether oxygens (including phenoxy) is 1. The Hall–Kier alpha value is -0.550. The summed E-state index contributed by atoms with van der Waals surface area (Å²) in [7, 11) is -1.71. The van der Waals surface area contributed by atoms with Gasteiger partial charge in [0.05, 0.1) is 17.8 Å². The molecule has 1 fully saturated rings. The molecule has 1 aromatic carbocycles. The number of sulfone groups is 1. The maximum absolute atomic E-state index is 12.5. The molecule has 0 aromatic heterocycles. The zero-order chi connectivity index (χ0) is 13.9. The van der Waals surface area contributed by atoms with Crippen molar-refractivity contribution < 1.29 is 13.2 Å². The van der Waals surface area contributed by atoms with Crippen molar-refractivity contribution in [2.24, 2.45) is 5.41 Å². The highest BCUT2D eigenvalue weighted by molar-refractivity contribution is 9.09. The van der Waals surface area contributed by atoms with E-state index < -0.39 is 9.84 Å². The zero-order valence-electron chi connectivity index (χ0n) is 11.1. The maximum atomic E-state index is 12.5. The molecule has 0 N–H and O–H groups in total. The predicted octanol–water partition coefficient (Wildman–Crippen LogP) is 3.42. The van der Waals surface area contributed by atoms with Crippen LogP contribution < -0.4 is 4.74 Å². The molecule has 0 amide bonds. The van der Waals surface area contributed by atoms with Crippen LogP contribution >= 0.6 is 15.9 Å². The first kappa shape index (κ1) is 14.9. The number of hydrogen-bond donors (Lipinski definition) is 0. The van der Waals surface area contributed by atoms with Gasteiger partial charge in [-0.15, -0.1) is 0 Å². The van der Waals surface area contributed by atoms with E-state index in [1.165, 1.54) is 0 Å². The Kier molecular flexibility index (Phi) is 4.56. The largest absolute Gasteiger partial charge is 0.497 e. The molecule has 0 radical (unpaired) electrons. The number of halogens is 1. The smallest absolute Gasteiger partial charge is 0.179 e. The second kappa shape index (κ2) is 5.83. The lowest BCUT2D eigenvalue weighted by Crippen LogP contribution is -2.29. The molecule has 1 aliphatic carbocycles. The molecule has 0 spiro atoms. The third-order valence-corrected chi connectivity index (χ3v) is 7.00. The Morgan fingerprint density at radius 3 is 2.58 bits per heavy atom. The van der Waals surface area contributed by atoms with Gasteiger partial charge in [0.1, 0.15) is 5.75 Å². The molecule has 5 heteroatoms. The Morgan fingerprint density at radius 1 is 1.32 bits per heavy atom. The Morgan fingerprint density at radius 2 is 2.00 bits per heavy atom. The van der Waals surface area contributed by atoms with Gasteiger partial charge in [0.15, 0.2) is 9.84 Å². The second-order valence-electron chi connectivity index (χ2n) is 5.28. The summed E-state index contributed by atoms with van der Waals surface area (Å²) < 4.78 is 30.2. The fourth-order valence-corrected chi connectivity index (χ4v) is 5.69. The van der Waals surface area contributed by atoms with Crippen LogP contribution in [0.25, 0.3) is 0 Å². The molecule has 0 unspecified atom stereocenters. The van der Waals surface area contributed by atoms with E-state index in [-0.39, 0.29) is 11.2 Å². The predicted molar refractivity (Wildman–Crippen MR) is 79.7 cm³/mol. The van der Waals surface area contributed by atoms with E-state index in [0.717, 1.165) is 31.0 Å². The molecular formula is C14H19BrO3S. The van der Waals surface area contributed by atoms with Gasteiger partial charge in [0, 0.05) is 5.33 Å². The molecule has 3 nitrogen and oxygen atoms in total. The van der Waals surface area contributed by atoms with Crippen molar-refractivity contribution in [3.63, 3.8) is 0 Å². The van der Waals surface area contributed by atoms with Crippen molar-refractivity contribution in [3.8, 4) is 5.75 Å². The number of alkyl halides is 1. The SMILES string of the molecule is COc1cccc(S(=O)(=O)CC2(CBr)CCCC2)c1. The van der Waals surface area contributed by atoms with E-state index >= 15 is 0 Å². The molecule has 19 heavy (non-hydrogen) atoms. The van der Waals surface area contributed by atoms with E-state index in [9.17, 15) is 8.42 Å². The van der Waals surface area contributed by atoms with Crippen molar-refractivity contribution in [1.29, 1.82) is 0 Å². The quantitative estimate of drug-likeness (QED) is 0.767. The molecule has 1 aromatic rings. The summed E-state index contributed by atoms with van der Waals surface area (Å²) in [5.41, 5.74) is -0.0953. The van der Waals surface area contributed by atoms with Crippen molar-refractivity contribution >= 4 is 25.8 Å². The van der Waals surface area contributed by atoms with Gasteiger partial charge in [0.2, 0.25) is 0 Å². The molecule has 2 rings (SSSR count). The van der Waals surface area contributed by atoms with Crippen LogP contribution in [0, 0.1) is 5.41 Å². The average Bonchev–Trinajstić information content (AvgIpc) is 2.87. The number of methoxy groups -OCH3 is 1. The molecule has 0 heterocycles. The lowest BCUT2D eigenvalue weighted by molar-refractivity contribution is 0.394. The summed E-state index contributed by atoms with van der Waals surface area (Å²) in [6.45, 7) is 0. The van der Waals surface area contributed by atoms with Gasteiger partial charge < -0.3 is 4.74 Å².